The largest absolute Gasteiger partial charge is 0.469 e. The Morgan fingerprint density at radius 1 is 1.73 bits per heavy atom. The molecule has 1 N–H and O–H groups in total. The maximum absolute atomic E-state index is 10.9. The van der Waals surface area contributed by atoms with E-state index < -0.39 is 0 Å². The molecule has 0 aromatic carbocycles. The van der Waals surface area contributed by atoms with Crippen LogP contribution in [-0.4, -0.2) is 25.5 Å². The standard InChI is InChI=1S/C7H9NO3/c1-11-7(10)5-3-2-8-6(9)4(3)5/h3-5H,2H2,1H3,(H,8,9). The van der Waals surface area contributed by atoms with Crippen LogP contribution in [0.25, 0.3) is 0 Å². The molecule has 1 saturated heterocycles. The van der Waals surface area contributed by atoms with Gasteiger partial charge >= 0.3 is 5.97 Å². The molecule has 1 heterocycles. The Balaban J connectivity index is 2.04. The van der Waals surface area contributed by atoms with E-state index in [0.29, 0.717) is 6.54 Å². The Morgan fingerprint density at radius 2 is 2.45 bits per heavy atom. The van der Waals surface area contributed by atoms with Crippen molar-refractivity contribution < 1.29 is 14.3 Å². The summed E-state index contributed by atoms with van der Waals surface area (Å²) >= 11 is 0. The lowest BCUT2D eigenvalue weighted by Crippen LogP contribution is -2.24. The van der Waals surface area contributed by atoms with Crippen LogP contribution in [-0.2, 0) is 14.3 Å². The highest BCUT2D eigenvalue weighted by Crippen LogP contribution is 2.49. The minimum Gasteiger partial charge on any atom is -0.469 e. The fourth-order valence-corrected chi connectivity index (χ4v) is 1.78. The molecule has 2 rings (SSSR count). The Bertz CT molecular complexity index is 226. The number of ether oxygens (including phenoxy) is 1. The van der Waals surface area contributed by atoms with Crippen LogP contribution in [0.3, 0.4) is 0 Å². The Hall–Kier alpha value is -1.06. The molecule has 4 heteroatoms. The fourth-order valence-electron chi connectivity index (χ4n) is 1.78. The van der Waals surface area contributed by atoms with Gasteiger partial charge in [0.1, 0.15) is 0 Å². The highest BCUT2D eigenvalue weighted by Gasteiger charge is 2.62. The first-order valence-corrected chi connectivity index (χ1v) is 3.61. The molecule has 3 atom stereocenters. The number of esters is 1. The molecule has 3 unspecified atom stereocenters. The van der Waals surface area contributed by atoms with Crippen LogP contribution >= 0.6 is 0 Å². The minimum atomic E-state index is -0.241. The molecule has 0 spiro atoms. The van der Waals surface area contributed by atoms with E-state index in [0.717, 1.165) is 0 Å². The van der Waals surface area contributed by atoms with Crippen LogP contribution in [0.4, 0.5) is 0 Å². The van der Waals surface area contributed by atoms with Crippen LogP contribution in [0, 0.1) is 17.8 Å². The summed E-state index contributed by atoms with van der Waals surface area (Å²) in [7, 11) is 1.36. The number of amides is 1. The first kappa shape index (κ1) is 6.64. The lowest BCUT2D eigenvalue weighted by atomic mass is 10.3. The Kier molecular flexibility index (Phi) is 1.19. The quantitative estimate of drug-likeness (QED) is 0.502. The first-order chi connectivity index (χ1) is 5.25. The lowest BCUT2D eigenvalue weighted by Gasteiger charge is -2.00. The third-order valence-electron chi connectivity index (χ3n) is 2.46. The van der Waals surface area contributed by atoms with Gasteiger partial charge in [0.25, 0.3) is 0 Å². The van der Waals surface area contributed by atoms with Crippen molar-refractivity contribution in [3.8, 4) is 0 Å². The van der Waals surface area contributed by atoms with Gasteiger partial charge in [0.15, 0.2) is 0 Å². The minimum absolute atomic E-state index is 0.00500. The van der Waals surface area contributed by atoms with Gasteiger partial charge in [-0.15, -0.1) is 0 Å². The van der Waals surface area contributed by atoms with Crippen LogP contribution < -0.4 is 5.32 Å². The molecular formula is C7H9NO3. The zero-order valence-corrected chi connectivity index (χ0v) is 6.16. The number of nitrogens with one attached hydrogen (secondary N) is 1. The van der Waals surface area contributed by atoms with E-state index >= 15 is 0 Å². The number of carbonyl (C=O) groups excluding carboxylic acids is 2. The number of hydrogen-bond donors (Lipinski definition) is 1. The zero-order valence-electron chi connectivity index (χ0n) is 6.16. The number of rotatable bonds is 1. The van der Waals surface area contributed by atoms with Crippen molar-refractivity contribution in [3.05, 3.63) is 0 Å². The van der Waals surface area contributed by atoms with Crippen molar-refractivity contribution in [3.63, 3.8) is 0 Å². The van der Waals surface area contributed by atoms with Crippen LogP contribution in [0.5, 0.6) is 0 Å². The molecule has 1 saturated carbocycles. The summed E-state index contributed by atoms with van der Waals surface area (Å²) in [6.45, 7) is 0.642. The second-order valence-electron chi connectivity index (χ2n) is 2.98. The molecule has 1 aliphatic carbocycles. The maximum Gasteiger partial charge on any atom is 0.309 e. The molecule has 0 aromatic rings. The molecule has 2 aliphatic rings. The normalized spacial score (nSPS) is 39.4. The molecule has 1 aliphatic heterocycles. The highest BCUT2D eigenvalue weighted by atomic mass is 16.5. The van der Waals surface area contributed by atoms with E-state index in [9.17, 15) is 9.59 Å². The second kappa shape index (κ2) is 1.96. The van der Waals surface area contributed by atoms with Gasteiger partial charge < -0.3 is 10.1 Å². The molecule has 60 valence electrons. The van der Waals surface area contributed by atoms with Gasteiger partial charge in [-0.05, 0) is 0 Å². The summed E-state index contributed by atoms with van der Waals surface area (Å²) in [4.78, 5) is 21.9. The average molecular weight is 155 g/mol. The topological polar surface area (TPSA) is 55.4 Å². The van der Waals surface area contributed by atoms with Gasteiger partial charge in [0.2, 0.25) is 5.91 Å². The van der Waals surface area contributed by atoms with E-state index in [1.165, 1.54) is 7.11 Å². The summed E-state index contributed by atoms with van der Waals surface area (Å²) in [5.41, 5.74) is 0. The van der Waals surface area contributed by atoms with Gasteiger partial charge in [0, 0.05) is 12.5 Å². The van der Waals surface area contributed by atoms with Crippen molar-refractivity contribution in [1.29, 1.82) is 0 Å². The third-order valence-corrected chi connectivity index (χ3v) is 2.46. The monoisotopic (exact) mass is 155 g/mol. The number of piperidine rings is 1. The zero-order chi connectivity index (χ0) is 8.01. The van der Waals surface area contributed by atoms with Crippen molar-refractivity contribution in [2.75, 3.05) is 13.7 Å². The molecule has 0 radical (unpaired) electrons. The molecular weight excluding hydrogens is 146 g/mol. The molecule has 11 heavy (non-hydrogen) atoms. The van der Waals surface area contributed by atoms with Crippen molar-refractivity contribution in [2.24, 2.45) is 17.8 Å². The summed E-state index contributed by atoms with van der Waals surface area (Å²) in [6, 6.07) is 0. The molecule has 4 nitrogen and oxygen atoms in total. The van der Waals surface area contributed by atoms with E-state index in [1.54, 1.807) is 0 Å². The van der Waals surface area contributed by atoms with Crippen molar-refractivity contribution in [2.45, 2.75) is 0 Å². The van der Waals surface area contributed by atoms with Crippen LogP contribution in [0.1, 0.15) is 0 Å². The summed E-state index contributed by atoms with van der Waals surface area (Å²) < 4.78 is 4.54. The maximum atomic E-state index is 10.9. The SMILES string of the molecule is COC(=O)C1C2CNC(=O)C21. The van der Waals surface area contributed by atoms with Crippen LogP contribution in [0.2, 0.25) is 0 Å². The van der Waals surface area contributed by atoms with Gasteiger partial charge in [-0.3, -0.25) is 9.59 Å². The lowest BCUT2D eigenvalue weighted by molar-refractivity contribution is -0.144. The van der Waals surface area contributed by atoms with E-state index in [1.807, 2.05) is 0 Å². The third kappa shape index (κ3) is 0.751. The summed E-state index contributed by atoms with van der Waals surface area (Å²) in [6.07, 6.45) is 0. The van der Waals surface area contributed by atoms with Crippen LogP contribution in [0.15, 0.2) is 0 Å². The predicted octanol–water partition coefficient (Wildman–Crippen LogP) is -0.849. The highest BCUT2D eigenvalue weighted by molar-refractivity contribution is 5.93. The van der Waals surface area contributed by atoms with E-state index in [-0.39, 0.29) is 29.6 Å². The Morgan fingerprint density at radius 3 is 2.91 bits per heavy atom. The summed E-state index contributed by atoms with van der Waals surface area (Å²) in [5, 5.41) is 2.68. The molecule has 1 amide bonds. The number of carbonyl (C=O) groups is 2. The Labute approximate surface area is 63.9 Å². The van der Waals surface area contributed by atoms with Crippen molar-refractivity contribution >= 4 is 11.9 Å². The second-order valence-corrected chi connectivity index (χ2v) is 2.98. The van der Waals surface area contributed by atoms with Gasteiger partial charge in [-0.25, -0.2) is 0 Å². The van der Waals surface area contributed by atoms with E-state index in [2.05, 4.69) is 10.1 Å². The molecule has 0 aromatic heterocycles. The molecule has 0 bridgehead atoms. The van der Waals surface area contributed by atoms with Gasteiger partial charge in [-0.2, -0.15) is 0 Å². The predicted molar refractivity (Wildman–Crippen MR) is 35.5 cm³/mol. The molecule has 2 fully saturated rings. The first-order valence-electron chi connectivity index (χ1n) is 3.61. The van der Waals surface area contributed by atoms with Crippen molar-refractivity contribution in [1.82, 2.24) is 5.32 Å². The smallest absolute Gasteiger partial charge is 0.309 e. The number of methoxy groups -OCH3 is 1. The van der Waals surface area contributed by atoms with Gasteiger partial charge in [0.05, 0.1) is 18.9 Å². The van der Waals surface area contributed by atoms with E-state index in [4.69, 9.17) is 0 Å². The fraction of sp³-hybridized carbons (Fsp3) is 0.714. The number of hydrogen-bond acceptors (Lipinski definition) is 3. The van der Waals surface area contributed by atoms with Gasteiger partial charge in [-0.1, -0.05) is 0 Å². The summed E-state index contributed by atoms with van der Waals surface area (Å²) in [5.74, 6) is -0.244. The average Bonchev–Trinajstić information content (AvgIpc) is 2.63. The number of fused-ring (bicyclic) bond motifs is 1.